The fourth-order valence-corrected chi connectivity index (χ4v) is 4.23. The number of imide groups is 1. The third-order valence-electron chi connectivity index (χ3n) is 5.30. The minimum Gasteiger partial charge on any atom is -0.409 e. The highest BCUT2D eigenvalue weighted by Crippen LogP contribution is 2.48. The molecule has 2 aliphatic rings. The zero-order chi connectivity index (χ0) is 17.8. The summed E-state index contributed by atoms with van der Waals surface area (Å²) in [6, 6.07) is 6.79. The van der Waals surface area contributed by atoms with Crippen molar-refractivity contribution in [2.24, 2.45) is 0 Å². The van der Waals surface area contributed by atoms with E-state index in [1.54, 1.807) is 24.3 Å². The predicted octanol–water partition coefficient (Wildman–Crippen LogP) is 3.77. The summed E-state index contributed by atoms with van der Waals surface area (Å²) in [7, 11) is -1.92. The SMILES string of the molecule is CC(C)(C)[Si](C)(C)OC1(CON2C(=O)c3ccccc3C2=O)CC1. The lowest BCUT2D eigenvalue weighted by molar-refractivity contribution is -0.119. The second kappa shape index (κ2) is 5.51. The largest absolute Gasteiger partial charge is 0.409 e. The van der Waals surface area contributed by atoms with Gasteiger partial charge in [0.05, 0.1) is 16.7 Å². The number of nitrogens with zero attached hydrogens (tertiary/aromatic N) is 1. The van der Waals surface area contributed by atoms with E-state index in [-0.39, 0.29) is 17.2 Å². The Hall–Kier alpha value is -1.50. The lowest BCUT2D eigenvalue weighted by atomic mass is 10.1. The van der Waals surface area contributed by atoms with Gasteiger partial charge in [0.1, 0.15) is 6.61 Å². The first-order chi connectivity index (χ1) is 11.1. The first-order valence-electron chi connectivity index (χ1n) is 8.37. The minimum atomic E-state index is -1.92. The fourth-order valence-electron chi connectivity index (χ4n) is 2.58. The van der Waals surface area contributed by atoms with Crippen LogP contribution in [0.1, 0.15) is 54.3 Å². The van der Waals surface area contributed by atoms with E-state index in [2.05, 4.69) is 33.9 Å². The Morgan fingerprint density at radius 1 is 1.08 bits per heavy atom. The first-order valence-corrected chi connectivity index (χ1v) is 11.3. The average Bonchev–Trinajstić information content (AvgIpc) is 3.19. The molecule has 0 unspecified atom stereocenters. The van der Waals surface area contributed by atoms with E-state index in [4.69, 9.17) is 9.26 Å². The summed E-state index contributed by atoms with van der Waals surface area (Å²) in [6.07, 6.45) is 1.81. The monoisotopic (exact) mass is 347 g/mol. The van der Waals surface area contributed by atoms with Crippen LogP contribution in [0.2, 0.25) is 18.1 Å². The van der Waals surface area contributed by atoms with E-state index in [1.165, 1.54) is 0 Å². The number of hydrogen-bond donors (Lipinski definition) is 0. The Balaban J connectivity index is 1.67. The Bertz CT molecular complexity index is 654. The molecule has 0 atom stereocenters. The van der Waals surface area contributed by atoms with Crippen molar-refractivity contribution in [1.29, 1.82) is 0 Å². The summed E-state index contributed by atoms with van der Waals surface area (Å²) in [5.41, 5.74) is 0.452. The average molecular weight is 347 g/mol. The molecule has 3 rings (SSSR count). The molecule has 0 N–H and O–H groups in total. The molecule has 1 saturated carbocycles. The molecule has 1 aliphatic heterocycles. The van der Waals surface area contributed by atoms with Gasteiger partial charge in [0.15, 0.2) is 8.32 Å². The lowest BCUT2D eigenvalue weighted by Gasteiger charge is -2.39. The third-order valence-corrected chi connectivity index (χ3v) is 9.85. The first kappa shape index (κ1) is 17.3. The second-order valence-electron chi connectivity index (χ2n) is 8.27. The number of fused-ring (bicyclic) bond motifs is 1. The molecule has 0 radical (unpaired) electrons. The Labute approximate surface area is 144 Å². The van der Waals surface area contributed by atoms with Gasteiger partial charge >= 0.3 is 0 Å². The summed E-state index contributed by atoms with van der Waals surface area (Å²) in [4.78, 5) is 30.3. The molecule has 24 heavy (non-hydrogen) atoms. The van der Waals surface area contributed by atoms with Crippen LogP contribution in [-0.4, -0.2) is 37.4 Å². The van der Waals surface area contributed by atoms with E-state index in [0.717, 1.165) is 17.9 Å². The highest BCUT2D eigenvalue weighted by atomic mass is 28.4. The molecule has 1 aliphatic carbocycles. The van der Waals surface area contributed by atoms with Crippen LogP contribution < -0.4 is 0 Å². The fraction of sp³-hybridized carbons (Fsp3) is 0.556. The molecule has 0 bridgehead atoms. The smallest absolute Gasteiger partial charge is 0.285 e. The summed E-state index contributed by atoms with van der Waals surface area (Å²) >= 11 is 0. The zero-order valence-corrected chi connectivity index (χ0v) is 16.0. The van der Waals surface area contributed by atoms with Gasteiger partial charge in [-0.1, -0.05) is 32.9 Å². The molecular formula is C18H25NO4Si. The molecule has 1 heterocycles. The van der Waals surface area contributed by atoms with Crippen LogP contribution in [0, 0.1) is 0 Å². The van der Waals surface area contributed by atoms with Gasteiger partial charge in [-0.25, -0.2) is 0 Å². The zero-order valence-electron chi connectivity index (χ0n) is 15.0. The third kappa shape index (κ3) is 2.94. The van der Waals surface area contributed by atoms with Crippen molar-refractivity contribution in [2.45, 2.75) is 57.3 Å². The van der Waals surface area contributed by atoms with Crippen LogP contribution in [0.3, 0.4) is 0 Å². The molecule has 1 aromatic carbocycles. The van der Waals surface area contributed by atoms with Crippen molar-refractivity contribution in [3.63, 3.8) is 0 Å². The quantitative estimate of drug-likeness (QED) is 0.601. The van der Waals surface area contributed by atoms with Gasteiger partial charge in [-0.2, -0.15) is 0 Å². The number of carbonyl (C=O) groups is 2. The van der Waals surface area contributed by atoms with Crippen LogP contribution in [0.15, 0.2) is 24.3 Å². The Morgan fingerprint density at radius 2 is 1.58 bits per heavy atom. The van der Waals surface area contributed by atoms with Crippen molar-refractivity contribution in [3.8, 4) is 0 Å². The summed E-state index contributed by atoms with van der Waals surface area (Å²) in [5, 5.41) is 0.998. The highest BCUT2D eigenvalue weighted by Gasteiger charge is 2.52. The second-order valence-corrected chi connectivity index (χ2v) is 13.0. The number of rotatable bonds is 5. The standard InChI is InChI=1S/C18H25NO4Si/c1-17(2,3)24(4,5)23-18(10-11-18)12-22-19-15(20)13-8-6-7-9-14(13)16(19)21/h6-9H,10-12H2,1-5H3. The van der Waals surface area contributed by atoms with Gasteiger partial charge in [0.2, 0.25) is 0 Å². The normalized spacial score (nSPS) is 19.6. The van der Waals surface area contributed by atoms with E-state index in [0.29, 0.717) is 11.1 Å². The van der Waals surface area contributed by atoms with Crippen LogP contribution in [0.5, 0.6) is 0 Å². The summed E-state index contributed by atoms with van der Waals surface area (Å²) < 4.78 is 6.47. The number of hydrogen-bond acceptors (Lipinski definition) is 4. The predicted molar refractivity (Wildman–Crippen MR) is 93.1 cm³/mol. The van der Waals surface area contributed by atoms with Crippen molar-refractivity contribution in [3.05, 3.63) is 35.4 Å². The van der Waals surface area contributed by atoms with Crippen molar-refractivity contribution < 1.29 is 18.9 Å². The summed E-state index contributed by atoms with van der Waals surface area (Å²) in [6.45, 7) is 11.2. The Morgan fingerprint density at radius 3 is 2.00 bits per heavy atom. The maximum Gasteiger partial charge on any atom is 0.285 e. The Kier molecular flexibility index (Phi) is 3.98. The topological polar surface area (TPSA) is 55.8 Å². The minimum absolute atomic E-state index is 0.109. The van der Waals surface area contributed by atoms with Crippen molar-refractivity contribution >= 4 is 20.1 Å². The van der Waals surface area contributed by atoms with Crippen LogP contribution in [-0.2, 0) is 9.26 Å². The molecule has 1 fully saturated rings. The van der Waals surface area contributed by atoms with E-state index in [1.807, 2.05) is 0 Å². The van der Waals surface area contributed by atoms with Crippen molar-refractivity contribution in [2.75, 3.05) is 6.61 Å². The van der Waals surface area contributed by atoms with E-state index < -0.39 is 20.1 Å². The maximum atomic E-state index is 12.3. The highest BCUT2D eigenvalue weighted by molar-refractivity contribution is 6.74. The van der Waals surface area contributed by atoms with Gasteiger partial charge in [0, 0.05) is 0 Å². The van der Waals surface area contributed by atoms with Gasteiger partial charge in [0.25, 0.3) is 11.8 Å². The number of amides is 2. The van der Waals surface area contributed by atoms with Crippen molar-refractivity contribution in [1.82, 2.24) is 5.06 Å². The molecule has 0 saturated heterocycles. The molecule has 5 nitrogen and oxygen atoms in total. The molecular weight excluding hydrogens is 322 g/mol. The van der Waals surface area contributed by atoms with Crippen LogP contribution in [0.4, 0.5) is 0 Å². The molecule has 0 spiro atoms. The van der Waals surface area contributed by atoms with E-state index >= 15 is 0 Å². The number of benzene rings is 1. The van der Waals surface area contributed by atoms with Gasteiger partial charge in [-0.05, 0) is 43.1 Å². The lowest BCUT2D eigenvalue weighted by Crippen LogP contribution is -2.47. The molecule has 0 aromatic heterocycles. The number of carbonyl (C=O) groups excluding carboxylic acids is 2. The maximum absolute atomic E-state index is 12.3. The number of hydroxylamine groups is 2. The molecule has 2 amide bonds. The molecule has 6 heteroatoms. The van der Waals surface area contributed by atoms with Crippen LogP contribution in [0.25, 0.3) is 0 Å². The van der Waals surface area contributed by atoms with Gasteiger partial charge in [-0.15, -0.1) is 5.06 Å². The van der Waals surface area contributed by atoms with E-state index in [9.17, 15) is 9.59 Å². The molecule has 1 aromatic rings. The summed E-state index contributed by atoms with van der Waals surface area (Å²) in [5.74, 6) is -0.780. The molecule has 130 valence electrons. The van der Waals surface area contributed by atoms with Crippen LogP contribution >= 0.6 is 0 Å². The van der Waals surface area contributed by atoms with Gasteiger partial charge < -0.3 is 4.43 Å². The van der Waals surface area contributed by atoms with Gasteiger partial charge in [-0.3, -0.25) is 14.4 Å².